The highest BCUT2D eigenvalue weighted by Gasteiger charge is 2.46. The van der Waals surface area contributed by atoms with E-state index in [-0.39, 0.29) is 0 Å². The van der Waals surface area contributed by atoms with Crippen LogP contribution in [0.1, 0.15) is 54.1 Å². The van der Waals surface area contributed by atoms with Crippen LogP contribution in [0.2, 0.25) is 0 Å². The first-order chi connectivity index (χ1) is 13.8. The maximum absolute atomic E-state index is 5.62. The third-order valence-corrected chi connectivity index (χ3v) is 6.20. The van der Waals surface area contributed by atoms with Crippen LogP contribution in [0.4, 0.5) is 0 Å². The van der Waals surface area contributed by atoms with Gasteiger partial charge in [0, 0.05) is 18.0 Å². The quantitative estimate of drug-likeness (QED) is 0.663. The fourth-order valence-electron chi connectivity index (χ4n) is 4.86. The van der Waals surface area contributed by atoms with Gasteiger partial charge in [0.15, 0.2) is 5.82 Å². The lowest BCUT2D eigenvalue weighted by molar-refractivity contribution is 0.243. The molecular formula is C23H25N3O2. The molecule has 0 spiro atoms. The van der Waals surface area contributed by atoms with Gasteiger partial charge in [-0.2, -0.15) is 4.98 Å². The summed E-state index contributed by atoms with van der Waals surface area (Å²) in [5.74, 6) is 2.77. The van der Waals surface area contributed by atoms with Crippen molar-refractivity contribution in [3.8, 4) is 5.75 Å². The van der Waals surface area contributed by atoms with Crippen LogP contribution in [-0.4, -0.2) is 34.7 Å². The molecule has 0 radical (unpaired) electrons. The third-order valence-electron chi connectivity index (χ3n) is 6.20. The minimum atomic E-state index is 0.348. The van der Waals surface area contributed by atoms with Gasteiger partial charge in [-0.15, -0.1) is 0 Å². The third kappa shape index (κ3) is 3.20. The van der Waals surface area contributed by atoms with Crippen LogP contribution in [0.25, 0.3) is 0 Å². The van der Waals surface area contributed by atoms with Crippen LogP contribution < -0.4 is 4.74 Å². The molecule has 0 unspecified atom stereocenters. The summed E-state index contributed by atoms with van der Waals surface area (Å²) in [6, 6.07) is 19.8. The van der Waals surface area contributed by atoms with E-state index in [0.717, 1.165) is 30.1 Å². The number of benzene rings is 2. The molecule has 3 atom stereocenters. The molecule has 2 aromatic carbocycles. The van der Waals surface area contributed by atoms with Crippen molar-refractivity contribution >= 4 is 0 Å². The SMILES string of the molecule is COc1ccc(Cc2nc([C@@H]3C[C@H](c4ccccc4)N4CCC[C@@H]34)no2)cc1. The first-order valence-electron chi connectivity index (χ1n) is 10.1. The molecule has 3 heterocycles. The molecule has 0 N–H and O–H groups in total. The van der Waals surface area contributed by atoms with Crippen LogP contribution >= 0.6 is 0 Å². The molecule has 2 saturated heterocycles. The molecule has 2 aliphatic heterocycles. The van der Waals surface area contributed by atoms with Gasteiger partial charge in [-0.3, -0.25) is 4.90 Å². The monoisotopic (exact) mass is 375 g/mol. The van der Waals surface area contributed by atoms with Crippen LogP contribution in [0, 0.1) is 0 Å². The molecular weight excluding hydrogens is 350 g/mol. The number of aromatic nitrogens is 2. The lowest BCUT2D eigenvalue weighted by Crippen LogP contribution is -2.27. The fourth-order valence-corrected chi connectivity index (χ4v) is 4.86. The summed E-state index contributed by atoms with van der Waals surface area (Å²) >= 11 is 0. The van der Waals surface area contributed by atoms with Crippen LogP contribution in [0.3, 0.4) is 0 Å². The predicted octanol–water partition coefficient (Wildman–Crippen LogP) is 4.36. The smallest absolute Gasteiger partial charge is 0.231 e. The zero-order chi connectivity index (χ0) is 18.9. The molecule has 5 rings (SSSR count). The first kappa shape index (κ1) is 17.4. The molecule has 2 aliphatic rings. The van der Waals surface area contributed by atoms with Crippen molar-refractivity contribution < 1.29 is 9.26 Å². The maximum atomic E-state index is 5.62. The van der Waals surface area contributed by atoms with Crippen molar-refractivity contribution in [2.24, 2.45) is 0 Å². The van der Waals surface area contributed by atoms with E-state index in [4.69, 9.17) is 14.2 Å². The molecule has 0 bridgehead atoms. The average Bonchev–Trinajstić information content (AvgIpc) is 3.46. The van der Waals surface area contributed by atoms with Crippen molar-refractivity contribution in [1.82, 2.24) is 15.0 Å². The van der Waals surface area contributed by atoms with Crippen LogP contribution in [0.15, 0.2) is 59.1 Å². The Labute approximate surface area is 165 Å². The number of hydrogen-bond donors (Lipinski definition) is 0. The van der Waals surface area contributed by atoms with Gasteiger partial charge in [0.1, 0.15) is 5.75 Å². The Morgan fingerprint density at radius 2 is 1.93 bits per heavy atom. The molecule has 28 heavy (non-hydrogen) atoms. The van der Waals surface area contributed by atoms with E-state index >= 15 is 0 Å². The summed E-state index contributed by atoms with van der Waals surface area (Å²) in [5, 5.41) is 4.38. The highest BCUT2D eigenvalue weighted by molar-refractivity contribution is 5.29. The fraction of sp³-hybridized carbons (Fsp3) is 0.391. The predicted molar refractivity (Wildman–Crippen MR) is 106 cm³/mol. The molecule has 0 aliphatic carbocycles. The summed E-state index contributed by atoms with van der Waals surface area (Å²) in [7, 11) is 1.68. The summed E-state index contributed by atoms with van der Waals surface area (Å²) in [5.41, 5.74) is 2.55. The van der Waals surface area contributed by atoms with Gasteiger partial charge >= 0.3 is 0 Å². The summed E-state index contributed by atoms with van der Waals surface area (Å²) in [6.07, 6.45) is 4.19. The topological polar surface area (TPSA) is 51.4 Å². The average molecular weight is 375 g/mol. The number of rotatable bonds is 5. The second-order valence-electron chi connectivity index (χ2n) is 7.79. The van der Waals surface area contributed by atoms with E-state index in [1.54, 1.807) is 7.11 Å². The summed E-state index contributed by atoms with van der Waals surface area (Å²) in [6.45, 7) is 1.16. The van der Waals surface area contributed by atoms with E-state index in [0.29, 0.717) is 30.3 Å². The van der Waals surface area contributed by atoms with Gasteiger partial charge in [0.05, 0.1) is 13.5 Å². The van der Waals surface area contributed by atoms with Gasteiger partial charge in [-0.1, -0.05) is 47.6 Å². The standard InChI is InChI=1S/C23H25N3O2/c1-27-18-11-9-16(10-12-18)14-22-24-23(25-28-22)19-15-21(17-6-3-2-4-7-17)26-13-5-8-20(19)26/h2-4,6-7,9-12,19-21H,5,8,13-15H2,1H3/t19-,20+,21-/m1/s1. The largest absolute Gasteiger partial charge is 0.497 e. The van der Waals surface area contributed by atoms with E-state index in [1.165, 1.54) is 18.4 Å². The van der Waals surface area contributed by atoms with E-state index < -0.39 is 0 Å². The normalized spacial score (nSPS) is 24.4. The molecule has 3 aromatic rings. The van der Waals surface area contributed by atoms with Crippen molar-refractivity contribution in [3.63, 3.8) is 0 Å². The Hall–Kier alpha value is -2.66. The maximum Gasteiger partial charge on any atom is 0.231 e. The lowest BCUT2D eigenvalue weighted by atomic mass is 9.94. The molecule has 2 fully saturated rings. The van der Waals surface area contributed by atoms with E-state index in [1.807, 2.05) is 24.3 Å². The van der Waals surface area contributed by atoms with E-state index in [9.17, 15) is 0 Å². The molecule has 0 amide bonds. The minimum Gasteiger partial charge on any atom is -0.497 e. The van der Waals surface area contributed by atoms with Crippen molar-refractivity contribution in [1.29, 1.82) is 0 Å². The van der Waals surface area contributed by atoms with E-state index in [2.05, 4.69) is 40.4 Å². The van der Waals surface area contributed by atoms with Gasteiger partial charge in [0.25, 0.3) is 0 Å². The number of ether oxygens (including phenoxy) is 1. The summed E-state index contributed by atoms with van der Waals surface area (Å²) in [4.78, 5) is 7.44. The number of hydrogen-bond acceptors (Lipinski definition) is 5. The Morgan fingerprint density at radius 3 is 2.71 bits per heavy atom. The number of fused-ring (bicyclic) bond motifs is 1. The lowest BCUT2D eigenvalue weighted by Gasteiger charge is -2.24. The molecule has 5 nitrogen and oxygen atoms in total. The zero-order valence-corrected chi connectivity index (χ0v) is 16.1. The highest BCUT2D eigenvalue weighted by atomic mass is 16.5. The van der Waals surface area contributed by atoms with Gasteiger partial charge in [-0.05, 0) is 49.1 Å². The molecule has 5 heteroatoms. The Balaban J connectivity index is 1.35. The molecule has 0 saturated carbocycles. The zero-order valence-electron chi connectivity index (χ0n) is 16.1. The molecule has 1 aromatic heterocycles. The first-order valence-corrected chi connectivity index (χ1v) is 10.1. The second-order valence-corrected chi connectivity index (χ2v) is 7.79. The summed E-state index contributed by atoms with van der Waals surface area (Å²) < 4.78 is 10.8. The number of nitrogens with zero attached hydrogens (tertiary/aromatic N) is 3. The highest BCUT2D eigenvalue weighted by Crippen LogP contribution is 2.48. The second kappa shape index (κ2) is 7.40. The Bertz CT molecular complexity index is 923. The van der Waals surface area contributed by atoms with Crippen molar-refractivity contribution in [2.45, 2.75) is 43.7 Å². The Morgan fingerprint density at radius 1 is 1.11 bits per heavy atom. The van der Waals surface area contributed by atoms with Crippen molar-refractivity contribution in [3.05, 3.63) is 77.4 Å². The van der Waals surface area contributed by atoms with Gasteiger partial charge < -0.3 is 9.26 Å². The minimum absolute atomic E-state index is 0.348. The molecule has 144 valence electrons. The number of methoxy groups -OCH3 is 1. The van der Waals surface area contributed by atoms with Crippen molar-refractivity contribution in [2.75, 3.05) is 13.7 Å². The van der Waals surface area contributed by atoms with Crippen LogP contribution in [0.5, 0.6) is 5.75 Å². The van der Waals surface area contributed by atoms with Crippen LogP contribution in [-0.2, 0) is 6.42 Å². The van der Waals surface area contributed by atoms with Gasteiger partial charge in [0.2, 0.25) is 5.89 Å². The van der Waals surface area contributed by atoms with Gasteiger partial charge in [-0.25, -0.2) is 0 Å². The Kier molecular flexibility index (Phi) is 4.61.